The second-order valence-corrected chi connectivity index (χ2v) is 11.2. The monoisotopic (exact) mass is 471 g/mol. The third kappa shape index (κ3) is 4.35. The van der Waals surface area contributed by atoms with Gasteiger partial charge in [-0.3, -0.25) is 4.90 Å². The Morgan fingerprint density at radius 1 is 1.06 bits per heavy atom. The molecule has 7 nitrogen and oxygen atoms in total. The molecule has 4 rings (SSSR count). The molecule has 3 fully saturated rings. The molecule has 1 aromatic carbocycles. The van der Waals surface area contributed by atoms with E-state index in [1.165, 1.54) is 7.11 Å². The van der Waals surface area contributed by atoms with Crippen molar-refractivity contribution >= 4 is 19.2 Å². The number of hydrogen-bond donors (Lipinski definition) is 0. The number of benzene rings is 1. The zero-order valence-electron chi connectivity index (χ0n) is 21.3. The Morgan fingerprint density at radius 2 is 1.71 bits per heavy atom. The summed E-state index contributed by atoms with van der Waals surface area (Å²) in [6.45, 7) is 10.5. The van der Waals surface area contributed by atoms with Gasteiger partial charge in [0.25, 0.3) is 0 Å². The molecule has 1 aliphatic carbocycles. The SMILES string of the molecule is COC(=O)[C@H]1N(C(=O)OCc2ccccc2)[C@@H]2CC[C@@H]2[C@@]1(C)CCCB1OC(C)(C)C(C)(C)O1. The molecule has 1 aromatic rings. The molecule has 0 N–H and O–H groups in total. The molecule has 0 bridgehead atoms. The van der Waals surface area contributed by atoms with E-state index in [2.05, 4.69) is 34.6 Å². The van der Waals surface area contributed by atoms with E-state index in [0.717, 1.165) is 37.6 Å². The number of carbonyl (C=O) groups excluding carboxylic acids is 2. The van der Waals surface area contributed by atoms with Crippen molar-refractivity contribution in [1.82, 2.24) is 4.90 Å². The van der Waals surface area contributed by atoms with Gasteiger partial charge in [0.1, 0.15) is 12.6 Å². The molecule has 0 unspecified atom stereocenters. The maximum atomic E-state index is 13.2. The number of likely N-dealkylation sites (tertiary alicyclic amines) is 1. The van der Waals surface area contributed by atoms with Crippen LogP contribution in [0.15, 0.2) is 30.3 Å². The maximum absolute atomic E-state index is 13.2. The minimum atomic E-state index is -0.656. The van der Waals surface area contributed by atoms with Crippen molar-refractivity contribution in [2.45, 2.75) is 96.5 Å². The molecule has 0 spiro atoms. The fourth-order valence-corrected chi connectivity index (χ4v) is 5.88. The molecule has 2 aliphatic heterocycles. The lowest BCUT2D eigenvalue weighted by Crippen LogP contribution is -2.50. The zero-order valence-corrected chi connectivity index (χ0v) is 21.3. The van der Waals surface area contributed by atoms with Gasteiger partial charge in [0.05, 0.1) is 18.3 Å². The Balaban J connectivity index is 1.45. The van der Waals surface area contributed by atoms with Gasteiger partial charge >= 0.3 is 19.2 Å². The number of methoxy groups -OCH3 is 1. The first-order chi connectivity index (χ1) is 16.0. The average molecular weight is 471 g/mol. The molecule has 1 amide bonds. The fraction of sp³-hybridized carbons (Fsp3) is 0.692. The van der Waals surface area contributed by atoms with Gasteiger partial charge in [0.2, 0.25) is 0 Å². The van der Waals surface area contributed by atoms with E-state index < -0.39 is 12.1 Å². The molecule has 0 aromatic heterocycles. The van der Waals surface area contributed by atoms with Crippen molar-refractivity contribution in [3.8, 4) is 0 Å². The molecule has 4 atom stereocenters. The lowest BCUT2D eigenvalue weighted by atomic mass is 9.62. The first-order valence-corrected chi connectivity index (χ1v) is 12.4. The van der Waals surface area contributed by atoms with Crippen molar-refractivity contribution in [2.75, 3.05) is 7.11 Å². The highest BCUT2D eigenvalue weighted by Crippen LogP contribution is 2.57. The van der Waals surface area contributed by atoms with Crippen molar-refractivity contribution < 1.29 is 28.4 Å². The predicted octanol–water partition coefficient (Wildman–Crippen LogP) is 4.84. The van der Waals surface area contributed by atoms with Crippen LogP contribution in [-0.4, -0.2) is 54.5 Å². The zero-order chi connectivity index (χ0) is 24.7. The summed E-state index contributed by atoms with van der Waals surface area (Å²) in [4.78, 5) is 27.9. The maximum Gasteiger partial charge on any atom is 0.457 e. The van der Waals surface area contributed by atoms with Gasteiger partial charge in [-0.15, -0.1) is 0 Å². The molecule has 34 heavy (non-hydrogen) atoms. The van der Waals surface area contributed by atoms with Gasteiger partial charge in [0.15, 0.2) is 0 Å². The Bertz CT molecular complexity index is 890. The van der Waals surface area contributed by atoms with Crippen LogP contribution in [-0.2, 0) is 30.2 Å². The smallest absolute Gasteiger partial charge is 0.457 e. The number of rotatable bonds is 7. The molecule has 8 heteroatoms. The summed E-state index contributed by atoms with van der Waals surface area (Å²) in [5.74, 6) is -0.122. The first-order valence-electron chi connectivity index (χ1n) is 12.4. The third-order valence-electron chi connectivity index (χ3n) is 8.64. The minimum Gasteiger partial charge on any atom is -0.467 e. The Hall–Kier alpha value is -2.06. The van der Waals surface area contributed by atoms with Crippen LogP contribution in [0.5, 0.6) is 0 Å². The highest BCUT2D eigenvalue weighted by Gasteiger charge is 2.64. The van der Waals surface area contributed by atoms with E-state index in [1.807, 2.05) is 30.3 Å². The standard InChI is InChI=1S/C26H38BNO6/c1-24(2)25(3,4)34-27(33-24)16-10-15-26(5)19-13-14-20(19)28(21(26)22(29)31-6)23(30)32-17-18-11-8-7-9-12-18/h7-9,11-12,19-21H,10,13-17H2,1-6H3/t19-,20+,21+,26+/m0/s1. The van der Waals surface area contributed by atoms with E-state index in [0.29, 0.717) is 0 Å². The summed E-state index contributed by atoms with van der Waals surface area (Å²) in [7, 11) is 1.12. The molecular formula is C26H38BNO6. The molecular weight excluding hydrogens is 433 g/mol. The molecule has 2 heterocycles. The van der Waals surface area contributed by atoms with Crippen molar-refractivity contribution in [3.05, 3.63) is 35.9 Å². The summed E-state index contributed by atoms with van der Waals surface area (Å²) in [6, 6.07) is 8.94. The highest BCUT2D eigenvalue weighted by molar-refractivity contribution is 6.45. The predicted molar refractivity (Wildman–Crippen MR) is 129 cm³/mol. The summed E-state index contributed by atoms with van der Waals surface area (Å²) in [5, 5.41) is 0. The quantitative estimate of drug-likeness (QED) is 0.419. The lowest BCUT2D eigenvalue weighted by molar-refractivity contribution is -0.149. The minimum absolute atomic E-state index is 0.00854. The number of carbonyl (C=O) groups is 2. The van der Waals surface area contributed by atoms with Crippen LogP contribution in [0.2, 0.25) is 6.32 Å². The average Bonchev–Trinajstić information content (AvgIpc) is 3.07. The topological polar surface area (TPSA) is 74.3 Å². The number of ether oxygens (including phenoxy) is 2. The number of esters is 1. The second kappa shape index (κ2) is 9.19. The van der Waals surface area contributed by atoms with Crippen molar-refractivity contribution in [1.29, 1.82) is 0 Å². The first kappa shape index (κ1) is 25.1. The molecule has 2 saturated heterocycles. The Morgan fingerprint density at radius 3 is 2.26 bits per heavy atom. The van der Waals surface area contributed by atoms with Crippen molar-refractivity contribution in [3.63, 3.8) is 0 Å². The Labute approximate surface area is 203 Å². The van der Waals surface area contributed by atoms with Gasteiger partial charge in [-0.25, -0.2) is 9.59 Å². The third-order valence-corrected chi connectivity index (χ3v) is 8.64. The van der Waals surface area contributed by atoms with Gasteiger partial charge in [-0.2, -0.15) is 0 Å². The van der Waals surface area contributed by atoms with Crippen LogP contribution in [0.25, 0.3) is 0 Å². The van der Waals surface area contributed by atoms with E-state index in [1.54, 1.807) is 4.90 Å². The lowest BCUT2D eigenvalue weighted by Gasteiger charge is -2.40. The van der Waals surface area contributed by atoms with E-state index >= 15 is 0 Å². The van der Waals surface area contributed by atoms with Gasteiger partial charge < -0.3 is 18.8 Å². The molecule has 186 valence electrons. The number of amides is 1. The van der Waals surface area contributed by atoms with Crippen LogP contribution < -0.4 is 0 Å². The number of fused-ring (bicyclic) bond motifs is 1. The van der Waals surface area contributed by atoms with Crippen LogP contribution in [0.4, 0.5) is 4.79 Å². The normalized spacial score (nSPS) is 31.1. The summed E-state index contributed by atoms with van der Waals surface area (Å²) in [5.41, 5.74) is -0.185. The molecule has 0 radical (unpaired) electrons. The Kier molecular flexibility index (Phi) is 6.77. The van der Waals surface area contributed by atoms with Crippen LogP contribution >= 0.6 is 0 Å². The van der Waals surface area contributed by atoms with Gasteiger partial charge in [0, 0.05) is 11.5 Å². The molecule has 3 aliphatic rings. The van der Waals surface area contributed by atoms with Gasteiger partial charge in [-0.05, 0) is 64.8 Å². The van der Waals surface area contributed by atoms with Crippen LogP contribution in [0.1, 0.15) is 65.9 Å². The van der Waals surface area contributed by atoms with E-state index in [-0.39, 0.29) is 48.3 Å². The number of hydrogen-bond acceptors (Lipinski definition) is 6. The largest absolute Gasteiger partial charge is 0.467 e. The summed E-state index contributed by atoms with van der Waals surface area (Å²) in [6.07, 6.45) is 3.78. The summed E-state index contributed by atoms with van der Waals surface area (Å²) < 4.78 is 23.2. The summed E-state index contributed by atoms with van der Waals surface area (Å²) >= 11 is 0. The fourth-order valence-electron chi connectivity index (χ4n) is 5.88. The number of nitrogens with zero attached hydrogens (tertiary/aromatic N) is 1. The van der Waals surface area contributed by atoms with Crippen LogP contribution in [0, 0.1) is 11.3 Å². The van der Waals surface area contributed by atoms with Gasteiger partial charge in [-0.1, -0.05) is 43.7 Å². The molecule has 1 saturated carbocycles. The van der Waals surface area contributed by atoms with E-state index in [4.69, 9.17) is 18.8 Å². The van der Waals surface area contributed by atoms with Crippen molar-refractivity contribution in [2.24, 2.45) is 11.3 Å². The van der Waals surface area contributed by atoms with Crippen LogP contribution in [0.3, 0.4) is 0 Å². The highest BCUT2D eigenvalue weighted by atomic mass is 16.7. The van der Waals surface area contributed by atoms with E-state index in [9.17, 15) is 9.59 Å². The second-order valence-electron chi connectivity index (χ2n) is 11.2.